The Morgan fingerprint density at radius 1 is 1.27 bits per heavy atom. The van der Waals surface area contributed by atoms with Crippen molar-refractivity contribution >= 4 is 8.32 Å². The summed E-state index contributed by atoms with van der Waals surface area (Å²) >= 11 is 0. The van der Waals surface area contributed by atoms with Crippen LogP contribution in [0.15, 0.2) is 0 Å². The van der Waals surface area contributed by atoms with E-state index in [0.29, 0.717) is 0 Å². The van der Waals surface area contributed by atoms with Crippen molar-refractivity contribution < 1.29 is 9.53 Å². The Balaban J connectivity index is 4.22. The van der Waals surface area contributed by atoms with Crippen LogP contribution in [0.4, 0.5) is 0 Å². The highest BCUT2D eigenvalue weighted by atomic mass is 28.4. The average molecular weight is 176 g/mol. The summed E-state index contributed by atoms with van der Waals surface area (Å²) in [5.41, 5.74) is 0. The fourth-order valence-electron chi connectivity index (χ4n) is 0.603. The molecule has 2 nitrogen and oxygen atoms in total. The van der Waals surface area contributed by atoms with Crippen molar-refractivity contribution in [3.05, 3.63) is 0 Å². The molecule has 1 unspecified atom stereocenters. The van der Waals surface area contributed by atoms with Crippen molar-refractivity contribution in [1.29, 1.82) is 0 Å². The second kappa shape index (κ2) is 3.25. The van der Waals surface area contributed by atoms with E-state index in [1.807, 2.05) is 0 Å². The zero-order valence-corrected chi connectivity index (χ0v) is 9.43. The molecule has 0 saturated heterocycles. The predicted molar refractivity (Wildman–Crippen MR) is 50.0 cm³/mol. The van der Waals surface area contributed by atoms with Crippen LogP contribution in [0.3, 0.4) is 0 Å². The lowest BCUT2D eigenvalue weighted by molar-refractivity contribution is -0.0116. The Kier molecular flexibility index (Phi) is 3.29. The third-order valence-corrected chi connectivity index (χ3v) is 6.81. The van der Waals surface area contributed by atoms with Gasteiger partial charge in [0.25, 0.3) is 0 Å². The van der Waals surface area contributed by atoms with E-state index in [1.54, 1.807) is 6.92 Å². The van der Waals surface area contributed by atoms with Gasteiger partial charge in [-0.05, 0) is 25.1 Å². The molecule has 0 aliphatic carbocycles. The minimum absolute atomic E-state index is 0.185. The largest absolute Gasteiger partial charge is 0.393 e. The highest BCUT2D eigenvalue weighted by Gasteiger charge is 2.38. The second-order valence-corrected chi connectivity index (χ2v) is 9.23. The maximum atomic E-state index is 9.06. The first-order valence-corrected chi connectivity index (χ1v) is 6.93. The van der Waals surface area contributed by atoms with Crippen LogP contribution in [0, 0.1) is 0 Å². The maximum absolute atomic E-state index is 9.06. The molecule has 0 spiro atoms. The predicted octanol–water partition coefficient (Wildman–Crippen LogP) is 2.35. The van der Waals surface area contributed by atoms with Gasteiger partial charge in [0, 0.05) is 0 Å². The highest BCUT2D eigenvalue weighted by molar-refractivity contribution is 6.74. The Morgan fingerprint density at radius 3 is 1.73 bits per heavy atom. The van der Waals surface area contributed by atoms with Crippen molar-refractivity contribution in [1.82, 2.24) is 0 Å². The molecule has 0 heterocycles. The monoisotopic (exact) mass is 176 g/mol. The normalized spacial score (nSPS) is 16.6. The smallest absolute Gasteiger partial charge is 0.195 e. The van der Waals surface area contributed by atoms with E-state index in [1.165, 1.54) is 0 Å². The summed E-state index contributed by atoms with van der Waals surface area (Å²) in [4.78, 5) is 0. The van der Waals surface area contributed by atoms with Gasteiger partial charge in [-0.1, -0.05) is 20.8 Å². The molecule has 11 heavy (non-hydrogen) atoms. The molecule has 68 valence electrons. The topological polar surface area (TPSA) is 29.5 Å². The molecular formula is C8H20O2Si. The summed E-state index contributed by atoms with van der Waals surface area (Å²) in [5.74, 6) is 0. The van der Waals surface area contributed by atoms with Crippen molar-refractivity contribution in [2.24, 2.45) is 0 Å². The Morgan fingerprint density at radius 2 is 1.64 bits per heavy atom. The standard InChI is InChI=1S/C8H20O2Si/c1-7(9)10-11(5,6)8(2,3)4/h7,9H,1-6H3. The van der Waals surface area contributed by atoms with Gasteiger partial charge in [-0.2, -0.15) is 0 Å². The van der Waals surface area contributed by atoms with Gasteiger partial charge in [-0.3, -0.25) is 0 Å². The van der Waals surface area contributed by atoms with Crippen molar-refractivity contribution in [3.63, 3.8) is 0 Å². The average Bonchev–Trinajstić information content (AvgIpc) is 1.56. The molecule has 0 bridgehead atoms. The number of hydrogen-bond acceptors (Lipinski definition) is 2. The fourth-order valence-corrected chi connectivity index (χ4v) is 1.81. The summed E-state index contributed by atoms with van der Waals surface area (Å²) in [6, 6.07) is 0. The first-order valence-electron chi connectivity index (χ1n) is 4.03. The summed E-state index contributed by atoms with van der Waals surface area (Å²) in [5, 5.41) is 9.25. The number of aliphatic hydroxyl groups is 1. The number of hydrogen-bond donors (Lipinski definition) is 1. The molecule has 0 aromatic rings. The summed E-state index contributed by atoms with van der Waals surface area (Å²) < 4.78 is 5.50. The molecule has 0 aliphatic rings. The Labute approximate surface area is 70.7 Å². The van der Waals surface area contributed by atoms with Gasteiger partial charge in [-0.25, -0.2) is 0 Å². The Hall–Kier alpha value is 0.137. The molecule has 0 radical (unpaired) electrons. The summed E-state index contributed by atoms with van der Waals surface area (Å²) in [7, 11) is -1.72. The van der Waals surface area contributed by atoms with Gasteiger partial charge < -0.3 is 9.53 Å². The van der Waals surface area contributed by atoms with Crippen LogP contribution < -0.4 is 0 Å². The molecule has 0 saturated carbocycles. The van der Waals surface area contributed by atoms with Gasteiger partial charge in [-0.15, -0.1) is 0 Å². The molecule has 1 atom stereocenters. The first-order chi connectivity index (χ1) is 4.67. The molecule has 0 aromatic heterocycles. The van der Waals surface area contributed by atoms with Crippen LogP contribution in [0.2, 0.25) is 18.1 Å². The van der Waals surface area contributed by atoms with Gasteiger partial charge in [0.05, 0.1) is 0 Å². The third-order valence-electron chi connectivity index (χ3n) is 2.27. The Bertz CT molecular complexity index is 125. The van der Waals surface area contributed by atoms with Gasteiger partial charge in [0.2, 0.25) is 0 Å². The minimum atomic E-state index is -1.72. The van der Waals surface area contributed by atoms with Crippen molar-refractivity contribution in [2.45, 2.75) is 52.1 Å². The molecular weight excluding hydrogens is 156 g/mol. The number of aliphatic hydroxyl groups excluding tert-OH is 1. The zero-order chi connectivity index (χ0) is 9.28. The van der Waals surface area contributed by atoms with Crippen LogP contribution in [-0.4, -0.2) is 19.7 Å². The summed E-state index contributed by atoms with van der Waals surface area (Å²) in [6.45, 7) is 12.4. The van der Waals surface area contributed by atoms with E-state index >= 15 is 0 Å². The number of rotatable bonds is 2. The van der Waals surface area contributed by atoms with E-state index < -0.39 is 14.6 Å². The molecule has 3 heteroatoms. The molecule has 0 fully saturated rings. The van der Waals surface area contributed by atoms with E-state index in [-0.39, 0.29) is 5.04 Å². The van der Waals surface area contributed by atoms with Crippen LogP contribution in [0.5, 0.6) is 0 Å². The van der Waals surface area contributed by atoms with Crippen LogP contribution in [0.25, 0.3) is 0 Å². The van der Waals surface area contributed by atoms with Gasteiger partial charge >= 0.3 is 0 Å². The van der Waals surface area contributed by atoms with E-state index in [2.05, 4.69) is 33.9 Å². The molecule has 1 N–H and O–H groups in total. The highest BCUT2D eigenvalue weighted by Crippen LogP contribution is 2.36. The van der Waals surface area contributed by atoms with Gasteiger partial charge in [0.1, 0.15) is 6.29 Å². The molecule has 0 aliphatic heterocycles. The third kappa shape index (κ3) is 3.36. The fraction of sp³-hybridized carbons (Fsp3) is 1.00. The molecule has 0 rings (SSSR count). The van der Waals surface area contributed by atoms with Crippen LogP contribution >= 0.6 is 0 Å². The SMILES string of the molecule is CC(O)O[Si](C)(C)C(C)(C)C. The second-order valence-electron chi connectivity index (χ2n) is 4.48. The maximum Gasteiger partial charge on any atom is 0.195 e. The van der Waals surface area contributed by atoms with Crippen molar-refractivity contribution in [2.75, 3.05) is 0 Å². The first kappa shape index (κ1) is 11.1. The van der Waals surface area contributed by atoms with E-state index in [0.717, 1.165) is 0 Å². The lowest BCUT2D eigenvalue weighted by Gasteiger charge is -2.37. The minimum Gasteiger partial charge on any atom is -0.393 e. The van der Waals surface area contributed by atoms with E-state index in [4.69, 9.17) is 9.53 Å². The van der Waals surface area contributed by atoms with E-state index in [9.17, 15) is 0 Å². The lowest BCUT2D eigenvalue weighted by Crippen LogP contribution is -2.43. The van der Waals surface area contributed by atoms with Gasteiger partial charge in [0.15, 0.2) is 8.32 Å². The lowest BCUT2D eigenvalue weighted by atomic mass is 10.2. The van der Waals surface area contributed by atoms with Crippen LogP contribution in [-0.2, 0) is 4.43 Å². The summed E-state index contributed by atoms with van der Waals surface area (Å²) in [6.07, 6.45) is -0.629. The van der Waals surface area contributed by atoms with Crippen molar-refractivity contribution in [3.8, 4) is 0 Å². The molecule has 0 aromatic carbocycles. The molecule has 0 amide bonds. The quantitative estimate of drug-likeness (QED) is 0.517. The zero-order valence-electron chi connectivity index (χ0n) is 8.43. The van der Waals surface area contributed by atoms with Crippen LogP contribution in [0.1, 0.15) is 27.7 Å².